The molecule has 5 nitrogen and oxygen atoms in total. The molecule has 1 amide bonds. The predicted molar refractivity (Wildman–Crippen MR) is 96.9 cm³/mol. The van der Waals surface area contributed by atoms with Crippen molar-refractivity contribution in [3.8, 4) is 0 Å². The summed E-state index contributed by atoms with van der Waals surface area (Å²) < 4.78 is 53.7. The fourth-order valence-corrected chi connectivity index (χ4v) is 4.85. The van der Waals surface area contributed by atoms with Crippen LogP contribution in [0.1, 0.15) is 21.5 Å². The van der Waals surface area contributed by atoms with Gasteiger partial charge in [-0.1, -0.05) is 17.7 Å². The molecule has 0 atom stereocenters. The summed E-state index contributed by atoms with van der Waals surface area (Å²) in [4.78, 5) is 14.1. The Morgan fingerprint density at radius 3 is 2.07 bits per heavy atom. The highest BCUT2D eigenvalue weighted by atomic mass is 32.2. The van der Waals surface area contributed by atoms with E-state index in [2.05, 4.69) is 0 Å². The highest BCUT2D eigenvalue weighted by molar-refractivity contribution is 7.89. The van der Waals surface area contributed by atoms with Gasteiger partial charge >= 0.3 is 0 Å². The summed E-state index contributed by atoms with van der Waals surface area (Å²) in [6.45, 7) is 4.20. The van der Waals surface area contributed by atoms with Crippen molar-refractivity contribution in [2.24, 2.45) is 0 Å². The van der Waals surface area contributed by atoms with Crippen LogP contribution in [0.15, 0.2) is 41.3 Å². The van der Waals surface area contributed by atoms with Gasteiger partial charge in [-0.05, 0) is 37.6 Å². The van der Waals surface area contributed by atoms with Crippen molar-refractivity contribution in [2.75, 3.05) is 26.2 Å². The average molecular weight is 394 g/mol. The number of piperazine rings is 1. The molecule has 0 aliphatic carbocycles. The molecule has 2 aromatic carbocycles. The minimum absolute atomic E-state index is 0.0850. The molecule has 1 fully saturated rings. The molecule has 0 spiro atoms. The number of amides is 1. The number of hydrogen-bond donors (Lipinski definition) is 0. The first kappa shape index (κ1) is 19.4. The molecule has 0 saturated carbocycles. The van der Waals surface area contributed by atoms with Crippen LogP contribution in [0, 0.1) is 25.5 Å². The van der Waals surface area contributed by atoms with Gasteiger partial charge in [0, 0.05) is 37.8 Å². The van der Waals surface area contributed by atoms with Gasteiger partial charge in [0.1, 0.15) is 11.6 Å². The maximum Gasteiger partial charge on any atom is 0.254 e. The van der Waals surface area contributed by atoms with Gasteiger partial charge in [0.25, 0.3) is 5.91 Å². The largest absolute Gasteiger partial charge is 0.336 e. The summed E-state index contributed by atoms with van der Waals surface area (Å²) in [5.74, 6) is -2.17. The minimum Gasteiger partial charge on any atom is -0.336 e. The summed E-state index contributed by atoms with van der Waals surface area (Å²) in [7, 11) is -3.66. The van der Waals surface area contributed by atoms with Crippen molar-refractivity contribution in [1.82, 2.24) is 9.21 Å². The second-order valence-corrected chi connectivity index (χ2v) is 8.53. The molecule has 1 saturated heterocycles. The molecule has 0 aromatic heterocycles. The molecular weight excluding hydrogens is 374 g/mol. The summed E-state index contributed by atoms with van der Waals surface area (Å²) in [6, 6.07) is 7.80. The zero-order chi connectivity index (χ0) is 19.8. The Bertz CT molecular complexity index is 964. The quantitative estimate of drug-likeness (QED) is 0.804. The SMILES string of the molecule is Cc1ccc(S(=O)(=O)N2CCN(C(=O)c3cc(F)cc(F)c3)CC2)c(C)c1. The highest BCUT2D eigenvalue weighted by Gasteiger charge is 2.31. The third kappa shape index (κ3) is 4.01. The van der Waals surface area contributed by atoms with E-state index in [-0.39, 0.29) is 36.6 Å². The Kier molecular flexibility index (Phi) is 5.30. The van der Waals surface area contributed by atoms with Crippen LogP contribution in [0.25, 0.3) is 0 Å². The summed E-state index contributed by atoms with van der Waals surface area (Å²) in [5.41, 5.74) is 1.56. The Balaban J connectivity index is 1.73. The lowest BCUT2D eigenvalue weighted by Crippen LogP contribution is -2.50. The van der Waals surface area contributed by atoms with Crippen molar-refractivity contribution in [3.05, 3.63) is 64.7 Å². The molecule has 1 aliphatic rings. The molecule has 0 N–H and O–H groups in total. The van der Waals surface area contributed by atoms with E-state index in [1.807, 2.05) is 13.0 Å². The van der Waals surface area contributed by atoms with Gasteiger partial charge < -0.3 is 4.90 Å². The molecule has 2 aromatic rings. The summed E-state index contributed by atoms with van der Waals surface area (Å²) >= 11 is 0. The molecule has 8 heteroatoms. The number of sulfonamides is 1. The van der Waals surface area contributed by atoms with Crippen molar-refractivity contribution >= 4 is 15.9 Å². The normalized spacial score (nSPS) is 15.8. The Hall–Kier alpha value is -2.32. The smallest absolute Gasteiger partial charge is 0.254 e. The Labute approximate surface area is 157 Å². The number of aryl methyl sites for hydroxylation is 2. The topological polar surface area (TPSA) is 57.7 Å². The number of benzene rings is 2. The maximum atomic E-state index is 13.3. The van der Waals surface area contributed by atoms with Gasteiger partial charge in [0.05, 0.1) is 4.90 Å². The monoisotopic (exact) mass is 394 g/mol. The van der Waals surface area contributed by atoms with E-state index in [0.717, 1.165) is 17.7 Å². The van der Waals surface area contributed by atoms with Gasteiger partial charge in [0.2, 0.25) is 10.0 Å². The first-order valence-electron chi connectivity index (χ1n) is 8.51. The summed E-state index contributed by atoms with van der Waals surface area (Å²) in [6.07, 6.45) is 0. The van der Waals surface area contributed by atoms with Crippen LogP contribution in [0.3, 0.4) is 0 Å². The van der Waals surface area contributed by atoms with E-state index >= 15 is 0 Å². The van der Waals surface area contributed by atoms with E-state index in [0.29, 0.717) is 11.6 Å². The predicted octanol–water partition coefficient (Wildman–Crippen LogP) is 2.73. The Morgan fingerprint density at radius 1 is 0.926 bits per heavy atom. The second kappa shape index (κ2) is 7.36. The van der Waals surface area contributed by atoms with Crippen LogP contribution in [0.5, 0.6) is 0 Å². The van der Waals surface area contributed by atoms with Gasteiger partial charge in [0.15, 0.2) is 0 Å². The molecular formula is C19H20F2N2O3S. The molecule has 0 radical (unpaired) electrons. The van der Waals surface area contributed by atoms with Crippen LogP contribution in [0.4, 0.5) is 8.78 Å². The molecule has 1 heterocycles. The van der Waals surface area contributed by atoms with Crippen molar-refractivity contribution in [1.29, 1.82) is 0 Å². The molecule has 0 unspecified atom stereocenters. The van der Waals surface area contributed by atoms with E-state index in [1.165, 1.54) is 9.21 Å². The molecule has 0 bridgehead atoms. The second-order valence-electron chi connectivity index (χ2n) is 6.62. The number of nitrogens with zero attached hydrogens (tertiary/aromatic N) is 2. The highest BCUT2D eigenvalue weighted by Crippen LogP contribution is 2.22. The molecule has 27 heavy (non-hydrogen) atoms. The van der Waals surface area contributed by atoms with E-state index in [4.69, 9.17) is 0 Å². The van der Waals surface area contributed by atoms with Gasteiger partial charge in [-0.25, -0.2) is 17.2 Å². The minimum atomic E-state index is -3.66. The van der Waals surface area contributed by atoms with Crippen molar-refractivity contribution in [2.45, 2.75) is 18.7 Å². The van der Waals surface area contributed by atoms with Crippen LogP contribution in [-0.4, -0.2) is 49.7 Å². The van der Waals surface area contributed by atoms with E-state index in [1.54, 1.807) is 19.1 Å². The van der Waals surface area contributed by atoms with Crippen molar-refractivity contribution in [3.63, 3.8) is 0 Å². The average Bonchev–Trinajstić information content (AvgIpc) is 2.60. The fraction of sp³-hybridized carbons (Fsp3) is 0.316. The van der Waals surface area contributed by atoms with E-state index < -0.39 is 27.6 Å². The lowest BCUT2D eigenvalue weighted by Gasteiger charge is -2.34. The van der Waals surface area contributed by atoms with E-state index in [9.17, 15) is 22.0 Å². The van der Waals surface area contributed by atoms with Crippen molar-refractivity contribution < 1.29 is 22.0 Å². The van der Waals surface area contributed by atoms with Gasteiger partial charge in [-0.3, -0.25) is 4.79 Å². The van der Waals surface area contributed by atoms with Crippen LogP contribution >= 0.6 is 0 Å². The number of carbonyl (C=O) groups excluding carboxylic acids is 1. The number of halogens is 2. The maximum absolute atomic E-state index is 13.3. The number of carbonyl (C=O) groups is 1. The lowest BCUT2D eigenvalue weighted by atomic mass is 10.1. The first-order valence-corrected chi connectivity index (χ1v) is 9.95. The lowest BCUT2D eigenvalue weighted by molar-refractivity contribution is 0.0697. The standard InChI is InChI=1S/C19H20F2N2O3S/c1-13-3-4-18(14(2)9-13)27(25,26)23-7-5-22(6-8-23)19(24)15-10-16(20)12-17(21)11-15/h3-4,9-12H,5-8H2,1-2H3. The number of rotatable bonds is 3. The summed E-state index contributed by atoms with van der Waals surface area (Å²) in [5, 5.41) is 0. The zero-order valence-corrected chi connectivity index (χ0v) is 15.9. The zero-order valence-electron chi connectivity index (χ0n) is 15.1. The third-order valence-corrected chi connectivity index (χ3v) is 6.64. The van der Waals surface area contributed by atoms with Gasteiger partial charge in [-0.15, -0.1) is 0 Å². The first-order chi connectivity index (χ1) is 12.7. The molecule has 3 rings (SSSR count). The third-order valence-electron chi connectivity index (χ3n) is 4.58. The number of hydrogen-bond acceptors (Lipinski definition) is 3. The molecule has 144 valence electrons. The van der Waals surface area contributed by atoms with Crippen LogP contribution in [-0.2, 0) is 10.0 Å². The van der Waals surface area contributed by atoms with Crippen LogP contribution < -0.4 is 0 Å². The van der Waals surface area contributed by atoms with Gasteiger partial charge in [-0.2, -0.15) is 4.31 Å². The van der Waals surface area contributed by atoms with Crippen LogP contribution in [0.2, 0.25) is 0 Å². The Morgan fingerprint density at radius 2 is 1.52 bits per heavy atom. The fourth-order valence-electron chi connectivity index (χ4n) is 3.22. The molecule has 1 aliphatic heterocycles.